The van der Waals surface area contributed by atoms with Crippen LogP contribution in [0.25, 0.3) is 10.2 Å². The third-order valence-electron chi connectivity index (χ3n) is 4.76. The minimum absolute atomic E-state index is 0.0366. The number of fused-ring (bicyclic) bond motifs is 3. The van der Waals surface area contributed by atoms with Crippen molar-refractivity contribution in [2.75, 3.05) is 11.1 Å². The average Bonchev–Trinajstić information content (AvgIpc) is 3.22. The van der Waals surface area contributed by atoms with Crippen molar-refractivity contribution in [3.8, 4) is 0 Å². The number of thiophene rings is 1. The molecule has 0 bridgehead atoms. The Bertz CT molecular complexity index is 1020. The fourth-order valence-electron chi connectivity index (χ4n) is 3.43. The van der Waals surface area contributed by atoms with Crippen molar-refractivity contribution in [3.63, 3.8) is 0 Å². The Morgan fingerprint density at radius 3 is 2.81 bits per heavy atom. The molecular weight excluding hydrogens is 366 g/mol. The molecule has 0 radical (unpaired) electrons. The number of aromatic nitrogens is 4. The summed E-state index contributed by atoms with van der Waals surface area (Å²) in [6, 6.07) is 0. The van der Waals surface area contributed by atoms with Crippen molar-refractivity contribution >= 4 is 44.9 Å². The number of nitrogens with zero attached hydrogens (tertiary/aromatic N) is 4. The van der Waals surface area contributed by atoms with Gasteiger partial charge in [0.05, 0.1) is 22.8 Å². The van der Waals surface area contributed by atoms with Gasteiger partial charge in [-0.1, -0.05) is 11.8 Å². The Labute approximate surface area is 160 Å². The lowest BCUT2D eigenvalue weighted by atomic mass is 10.2. The Kier molecular flexibility index (Phi) is 4.48. The van der Waals surface area contributed by atoms with E-state index in [1.54, 1.807) is 16.0 Å². The predicted octanol–water partition coefficient (Wildman–Crippen LogP) is 3.57. The van der Waals surface area contributed by atoms with Gasteiger partial charge in [0, 0.05) is 17.3 Å². The van der Waals surface area contributed by atoms with Crippen LogP contribution in [0.5, 0.6) is 0 Å². The Balaban J connectivity index is 1.55. The molecule has 136 valence electrons. The number of thioether (sulfide) groups is 1. The van der Waals surface area contributed by atoms with Gasteiger partial charge in [0.2, 0.25) is 5.91 Å². The number of aryl methyl sites for hydroxylation is 5. The molecule has 0 saturated carbocycles. The number of rotatable bonds is 4. The smallest absolute Gasteiger partial charge is 0.234 e. The lowest BCUT2D eigenvalue weighted by molar-refractivity contribution is -0.113. The highest BCUT2D eigenvalue weighted by atomic mass is 32.2. The second-order valence-corrected chi connectivity index (χ2v) is 8.67. The highest BCUT2D eigenvalue weighted by Crippen LogP contribution is 2.40. The van der Waals surface area contributed by atoms with E-state index in [0.717, 1.165) is 45.6 Å². The summed E-state index contributed by atoms with van der Waals surface area (Å²) in [5.74, 6) is 1.05. The number of anilines is 1. The molecule has 3 aromatic heterocycles. The van der Waals surface area contributed by atoms with E-state index in [-0.39, 0.29) is 5.91 Å². The Hall–Kier alpha value is -1.93. The molecule has 1 aliphatic rings. The molecule has 6 nitrogen and oxygen atoms in total. The average molecular weight is 388 g/mol. The van der Waals surface area contributed by atoms with Crippen LogP contribution in [0.3, 0.4) is 0 Å². The van der Waals surface area contributed by atoms with E-state index in [9.17, 15) is 4.79 Å². The first-order valence-electron chi connectivity index (χ1n) is 8.65. The van der Waals surface area contributed by atoms with E-state index >= 15 is 0 Å². The number of carbonyl (C=O) groups excluding carboxylic acids is 1. The zero-order chi connectivity index (χ0) is 18.4. The summed E-state index contributed by atoms with van der Waals surface area (Å²) in [5, 5.41) is 9.44. The van der Waals surface area contributed by atoms with Gasteiger partial charge in [-0.3, -0.25) is 9.48 Å². The number of amides is 1. The molecule has 0 atom stereocenters. The summed E-state index contributed by atoms with van der Waals surface area (Å²) in [7, 11) is 1.88. The van der Waals surface area contributed by atoms with Crippen LogP contribution in [0.4, 0.5) is 5.69 Å². The van der Waals surface area contributed by atoms with Crippen molar-refractivity contribution in [1.29, 1.82) is 0 Å². The highest BCUT2D eigenvalue weighted by Gasteiger charge is 2.22. The number of hydrogen-bond donors (Lipinski definition) is 1. The first kappa shape index (κ1) is 17.5. The number of carbonyl (C=O) groups is 1. The van der Waals surface area contributed by atoms with Crippen LogP contribution < -0.4 is 5.32 Å². The van der Waals surface area contributed by atoms with Gasteiger partial charge in [-0.05, 0) is 45.6 Å². The lowest BCUT2D eigenvalue weighted by Gasteiger charge is -2.07. The molecule has 0 unspecified atom stereocenters. The van der Waals surface area contributed by atoms with Gasteiger partial charge < -0.3 is 5.32 Å². The van der Waals surface area contributed by atoms with Gasteiger partial charge in [0.1, 0.15) is 15.7 Å². The molecule has 3 heterocycles. The number of nitrogens with one attached hydrogen (secondary N) is 1. The molecule has 1 amide bonds. The van der Waals surface area contributed by atoms with Crippen LogP contribution in [-0.4, -0.2) is 31.4 Å². The molecule has 1 N–H and O–H groups in total. The van der Waals surface area contributed by atoms with Crippen molar-refractivity contribution < 1.29 is 4.79 Å². The first-order valence-corrected chi connectivity index (χ1v) is 10.5. The van der Waals surface area contributed by atoms with Crippen LogP contribution in [-0.2, 0) is 24.7 Å². The van der Waals surface area contributed by atoms with Crippen molar-refractivity contribution in [3.05, 3.63) is 27.7 Å². The highest BCUT2D eigenvalue weighted by molar-refractivity contribution is 8.00. The summed E-state index contributed by atoms with van der Waals surface area (Å²) < 4.78 is 1.78. The monoisotopic (exact) mass is 387 g/mol. The molecule has 3 aromatic rings. The Morgan fingerprint density at radius 1 is 1.27 bits per heavy atom. The molecule has 0 aliphatic heterocycles. The van der Waals surface area contributed by atoms with E-state index in [1.165, 1.54) is 34.0 Å². The molecule has 4 rings (SSSR count). The molecule has 0 fully saturated rings. The standard InChI is InChI=1S/C18H21N5OS2/c1-9-16(10(2)23(4)22-9)21-14(24)8-25-17-15-12-6-5-7-13(12)26-18(15)20-11(3)19-17/h5-8H2,1-4H3,(H,21,24). The van der Waals surface area contributed by atoms with Gasteiger partial charge >= 0.3 is 0 Å². The molecule has 0 saturated heterocycles. The van der Waals surface area contributed by atoms with Crippen molar-refractivity contribution in [2.45, 2.75) is 45.1 Å². The third-order valence-corrected chi connectivity index (χ3v) is 6.92. The fraction of sp³-hybridized carbons (Fsp3) is 0.444. The summed E-state index contributed by atoms with van der Waals surface area (Å²) in [4.78, 5) is 24.2. The van der Waals surface area contributed by atoms with E-state index < -0.39 is 0 Å². The van der Waals surface area contributed by atoms with E-state index in [0.29, 0.717) is 5.75 Å². The normalized spacial score (nSPS) is 13.4. The molecule has 0 spiro atoms. The fourth-order valence-corrected chi connectivity index (χ4v) is 5.70. The summed E-state index contributed by atoms with van der Waals surface area (Å²) in [6.07, 6.45) is 3.43. The number of hydrogen-bond acceptors (Lipinski definition) is 6. The maximum Gasteiger partial charge on any atom is 0.234 e. The van der Waals surface area contributed by atoms with E-state index in [4.69, 9.17) is 0 Å². The second kappa shape index (κ2) is 6.66. The quantitative estimate of drug-likeness (QED) is 0.547. The Morgan fingerprint density at radius 2 is 2.08 bits per heavy atom. The summed E-state index contributed by atoms with van der Waals surface area (Å²) in [5.41, 5.74) is 3.99. The molecule has 26 heavy (non-hydrogen) atoms. The molecule has 1 aliphatic carbocycles. The van der Waals surface area contributed by atoms with Crippen LogP contribution >= 0.6 is 23.1 Å². The molecule has 8 heteroatoms. The van der Waals surface area contributed by atoms with E-state index in [2.05, 4.69) is 20.4 Å². The van der Waals surface area contributed by atoms with Crippen LogP contribution in [0.1, 0.15) is 34.1 Å². The lowest BCUT2D eigenvalue weighted by Crippen LogP contribution is -2.15. The second-order valence-electron chi connectivity index (χ2n) is 6.62. The molecular formula is C18H21N5OS2. The zero-order valence-electron chi connectivity index (χ0n) is 15.3. The SMILES string of the molecule is Cc1nc(SCC(=O)Nc2c(C)nn(C)c2C)c2c3c(sc2n1)CCC3. The van der Waals surface area contributed by atoms with Gasteiger partial charge in [0.25, 0.3) is 0 Å². The van der Waals surface area contributed by atoms with Gasteiger partial charge in [-0.2, -0.15) is 5.10 Å². The predicted molar refractivity (Wildman–Crippen MR) is 106 cm³/mol. The third kappa shape index (κ3) is 3.01. The largest absolute Gasteiger partial charge is 0.322 e. The van der Waals surface area contributed by atoms with Crippen LogP contribution in [0.2, 0.25) is 0 Å². The maximum atomic E-state index is 12.5. The van der Waals surface area contributed by atoms with Crippen molar-refractivity contribution in [2.24, 2.45) is 7.05 Å². The summed E-state index contributed by atoms with van der Waals surface area (Å²) in [6.45, 7) is 5.77. The van der Waals surface area contributed by atoms with Crippen LogP contribution in [0.15, 0.2) is 5.03 Å². The minimum Gasteiger partial charge on any atom is -0.322 e. The van der Waals surface area contributed by atoms with Crippen LogP contribution in [0, 0.1) is 20.8 Å². The van der Waals surface area contributed by atoms with Crippen molar-refractivity contribution in [1.82, 2.24) is 19.7 Å². The zero-order valence-corrected chi connectivity index (χ0v) is 17.0. The van der Waals surface area contributed by atoms with Gasteiger partial charge in [-0.15, -0.1) is 11.3 Å². The maximum absolute atomic E-state index is 12.5. The van der Waals surface area contributed by atoms with E-state index in [1.807, 2.05) is 27.8 Å². The topological polar surface area (TPSA) is 72.7 Å². The van der Waals surface area contributed by atoms with Gasteiger partial charge in [0.15, 0.2) is 0 Å². The summed E-state index contributed by atoms with van der Waals surface area (Å²) >= 11 is 3.28. The first-order chi connectivity index (χ1) is 12.4. The van der Waals surface area contributed by atoms with Gasteiger partial charge in [-0.25, -0.2) is 9.97 Å². The molecule has 0 aromatic carbocycles. The minimum atomic E-state index is -0.0366.